The van der Waals surface area contributed by atoms with Crippen molar-refractivity contribution in [1.82, 2.24) is 0 Å². The number of ether oxygens (including phenoxy) is 3. The Hall–Kier alpha value is -2.87. The molecule has 0 atom stereocenters. The molecule has 1 aliphatic heterocycles. The second kappa shape index (κ2) is 5.02. The molecule has 100 valence electrons. The molecule has 5 nitrogen and oxygen atoms in total. The second-order valence-corrected chi connectivity index (χ2v) is 4.31. The Morgan fingerprint density at radius 1 is 1.10 bits per heavy atom. The summed E-state index contributed by atoms with van der Waals surface area (Å²) in [4.78, 5) is 0. The molecule has 20 heavy (non-hydrogen) atoms. The largest absolute Gasteiger partial charge is 0.457 e. The van der Waals surface area contributed by atoms with E-state index in [4.69, 9.17) is 25.2 Å². The lowest BCUT2D eigenvalue weighted by molar-refractivity contribution is 0.174. The summed E-state index contributed by atoms with van der Waals surface area (Å²) in [6.45, 7) is 0.229. The van der Waals surface area contributed by atoms with Crippen LogP contribution in [-0.2, 0) is 6.42 Å². The molecule has 0 bridgehead atoms. The molecule has 0 unspecified atom stereocenters. The maximum absolute atomic E-state index is 8.75. The molecule has 2 aromatic carbocycles. The number of nitriles is 1. The zero-order valence-electron chi connectivity index (χ0n) is 10.6. The predicted molar refractivity (Wildman–Crippen MR) is 72.8 cm³/mol. The van der Waals surface area contributed by atoms with Crippen molar-refractivity contribution in [2.45, 2.75) is 6.42 Å². The Morgan fingerprint density at radius 2 is 1.85 bits per heavy atom. The molecule has 2 aromatic rings. The van der Waals surface area contributed by atoms with E-state index in [0.717, 1.165) is 5.56 Å². The van der Waals surface area contributed by atoms with E-state index in [-0.39, 0.29) is 13.2 Å². The summed E-state index contributed by atoms with van der Waals surface area (Å²) in [7, 11) is 0. The number of fused-ring (bicyclic) bond motifs is 1. The summed E-state index contributed by atoms with van der Waals surface area (Å²) in [5.74, 6) is 2.64. The first-order valence-corrected chi connectivity index (χ1v) is 6.09. The van der Waals surface area contributed by atoms with Crippen molar-refractivity contribution in [2.24, 2.45) is 0 Å². The average molecular weight is 268 g/mol. The van der Waals surface area contributed by atoms with E-state index < -0.39 is 0 Å². The maximum atomic E-state index is 8.75. The minimum atomic E-state index is 0.229. The molecular weight excluding hydrogens is 256 g/mol. The zero-order chi connectivity index (χ0) is 13.9. The molecule has 0 aromatic heterocycles. The van der Waals surface area contributed by atoms with Crippen molar-refractivity contribution in [3.8, 4) is 29.1 Å². The Morgan fingerprint density at radius 3 is 2.70 bits per heavy atom. The Bertz CT molecular complexity index is 692. The molecule has 1 heterocycles. The third kappa shape index (κ3) is 2.31. The molecule has 0 amide bonds. The summed E-state index contributed by atoms with van der Waals surface area (Å²) in [6.07, 6.45) is 0.254. The molecule has 0 spiro atoms. The lowest BCUT2D eigenvalue weighted by Gasteiger charge is -2.09. The van der Waals surface area contributed by atoms with Crippen LogP contribution in [0.2, 0.25) is 0 Å². The summed E-state index contributed by atoms with van der Waals surface area (Å²) in [5, 5.41) is 8.75. The van der Waals surface area contributed by atoms with Crippen LogP contribution in [0, 0.1) is 11.3 Å². The first kappa shape index (κ1) is 12.2. The smallest absolute Gasteiger partial charge is 0.231 e. The number of nitrogens with two attached hydrogens (primary N) is 1. The van der Waals surface area contributed by atoms with Gasteiger partial charge in [-0.3, -0.25) is 0 Å². The van der Waals surface area contributed by atoms with E-state index in [9.17, 15) is 0 Å². The fourth-order valence-electron chi connectivity index (χ4n) is 1.96. The highest BCUT2D eigenvalue weighted by molar-refractivity contribution is 5.53. The topological polar surface area (TPSA) is 77.5 Å². The summed E-state index contributed by atoms with van der Waals surface area (Å²) in [5.41, 5.74) is 7.14. The monoisotopic (exact) mass is 268 g/mol. The Kier molecular flexibility index (Phi) is 3.05. The van der Waals surface area contributed by atoms with Gasteiger partial charge in [-0.2, -0.15) is 5.26 Å². The molecule has 2 N–H and O–H groups in total. The normalized spacial score (nSPS) is 11.9. The van der Waals surface area contributed by atoms with Crippen molar-refractivity contribution < 1.29 is 14.2 Å². The Labute approximate surface area is 116 Å². The van der Waals surface area contributed by atoms with Crippen LogP contribution in [-0.4, -0.2) is 6.79 Å². The van der Waals surface area contributed by atoms with Crippen molar-refractivity contribution in [3.05, 3.63) is 42.0 Å². The zero-order valence-corrected chi connectivity index (χ0v) is 10.6. The van der Waals surface area contributed by atoms with Crippen molar-refractivity contribution in [3.63, 3.8) is 0 Å². The van der Waals surface area contributed by atoms with Crippen LogP contribution in [0.3, 0.4) is 0 Å². The van der Waals surface area contributed by atoms with Gasteiger partial charge in [-0.05, 0) is 35.9 Å². The lowest BCUT2D eigenvalue weighted by atomic mass is 10.1. The van der Waals surface area contributed by atoms with Gasteiger partial charge in [-0.15, -0.1) is 0 Å². The fourth-order valence-corrected chi connectivity index (χ4v) is 1.96. The number of anilines is 1. The van der Waals surface area contributed by atoms with Crippen LogP contribution in [0.15, 0.2) is 36.4 Å². The molecule has 5 heteroatoms. The van der Waals surface area contributed by atoms with E-state index in [1.165, 1.54) is 0 Å². The molecule has 1 aliphatic rings. The molecule has 3 rings (SSSR count). The highest BCUT2D eigenvalue weighted by atomic mass is 16.7. The van der Waals surface area contributed by atoms with Gasteiger partial charge in [0.2, 0.25) is 6.79 Å². The fraction of sp³-hybridized carbons (Fsp3) is 0.133. The molecule has 0 radical (unpaired) electrons. The second-order valence-electron chi connectivity index (χ2n) is 4.31. The highest BCUT2D eigenvalue weighted by Gasteiger charge is 2.14. The number of hydrogen-bond donors (Lipinski definition) is 1. The standard InChI is InChI=1S/C15H12N2O3/c16-6-5-10-7-11(1-3-13(10)17)20-12-2-4-14-15(8-12)19-9-18-14/h1-4,7-8H,5,9,17H2. The van der Waals surface area contributed by atoms with Gasteiger partial charge >= 0.3 is 0 Å². The number of hydrogen-bond acceptors (Lipinski definition) is 5. The third-order valence-corrected chi connectivity index (χ3v) is 2.96. The average Bonchev–Trinajstić information content (AvgIpc) is 2.90. The predicted octanol–water partition coefficient (Wildman–Crippen LogP) is 2.86. The SMILES string of the molecule is N#CCc1cc(Oc2ccc3c(c2)OCO3)ccc1N. The third-order valence-electron chi connectivity index (χ3n) is 2.96. The first-order valence-electron chi connectivity index (χ1n) is 6.09. The summed E-state index contributed by atoms with van der Waals surface area (Å²) >= 11 is 0. The van der Waals surface area contributed by atoms with E-state index >= 15 is 0 Å². The van der Waals surface area contributed by atoms with Gasteiger partial charge < -0.3 is 19.9 Å². The van der Waals surface area contributed by atoms with Crippen molar-refractivity contribution >= 4 is 5.69 Å². The van der Waals surface area contributed by atoms with Crippen molar-refractivity contribution in [2.75, 3.05) is 12.5 Å². The molecule has 0 saturated heterocycles. The minimum absolute atomic E-state index is 0.229. The van der Waals surface area contributed by atoms with E-state index in [1.807, 2.05) is 0 Å². The first-order chi connectivity index (χ1) is 9.76. The van der Waals surface area contributed by atoms with Gasteiger partial charge in [0.25, 0.3) is 0 Å². The van der Waals surface area contributed by atoms with Crippen LogP contribution in [0.1, 0.15) is 5.56 Å². The maximum Gasteiger partial charge on any atom is 0.231 e. The number of benzene rings is 2. The molecule has 0 aliphatic carbocycles. The van der Waals surface area contributed by atoms with Crippen LogP contribution in [0.5, 0.6) is 23.0 Å². The lowest BCUT2D eigenvalue weighted by Crippen LogP contribution is -1.94. The number of nitrogen functional groups attached to an aromatic ring is 1. The molecule has 0 fully saturated rings. The van der Waals surface area contributed by atoms with Crippen LogP contribution >= 0.6 is 0 Å². The Balaban J connectivity index is 1.84. The van der Waals surface area contributed by atoms with Crippen molar-refractivity contribution in [1.29, 1.82) is 5.26 Å². The van der Waals surface area contributed by atoms with Crippen LogP contribution in [0.25, 0.3) is 0 Å². The van der Waals surface area contributed by atoms with Gasteiger partial charge in [0.15, 0.2) is 11.5 Å². The molecule has 0 saturated carbocycles. The van der Waals surface area contributed by atoms with Gasteiger partial charge in [0.1, 0.15) is 11.5 Å². The van der Waals surface area contributed by atoms with Gasteiger partial charge in [-0.1, -0.05) is 0 Å². The van der Waals surface area contributed by atoms with E-state index in [0.29, 0.717) is 28.7 Å². The number of rotatable bonds is 3. The van der Waals surface area contributed by atoms with Crippen LogP contribution < -0.4 is 19.9 Å². The highest BCUT2D eigenvalue weighted by Crippen LogP contribution is 2.36. The summed E-state index contributed by atoms with van der Waals surface area (Å²) < 4.78 is 16.3. The van der Waals surface area contributed by atoms with Gasteiger partial charge in [0.05, 0.1) is 12.5 Å². The van der Waals surface area contributed by atoms with E-state index in [1.54, 1.807) is 36.4 Å². The summed E-state index contributed by atoms with van der Waals surface area (Å²) in [6, 6.07) is 12.7. The van der Waals surface area contributed by atoms with Gasteiger partial charge in [-0.25, -0.2) is 0 Å². The van der Waals surface area contributed by atoms with Crippen LogP contribution in [0.4, 0.5) is 5.69 Å². The van der Waals surface area contributed by atoms with E-state index in [2.05, 4.69) is 6.07 Å². The minimum Gasteiger partial charge on any atom is -0.457 e. The molecular formula is C15H12N2O3. The quantitative estimate of drug-likeness (QED) is 0.866. The van der Waals surface area contributed by atoms with Gasteiger partial charge in [0, 0.05) is 11.8 Å². The number of nitrogens with zero attached hydrogens (tertiary/aromatic N) is 1.